The Morgan fingerprint density at radius 2 is 1.71 bits per heavy atom. The number of nitrogens with zero attached hydrogens (tertiary/aromatic N) is 3. The number of carbonyl (C=O) groups is 1. The SMILES string of the molecule is CCOc1ccc(/C=N/NC(=O)CN(c2ccccc2)S(=O)(=O)c2ccccc2[N+](=O)[O-])cc1. The topological polar surface area (TPSA) is 131 Å². The number of hydrogen-bond donors (Lipinski definition) is 1. The Bertz CT molecular complexity index is 1280. The minimum Gasteiger partial charge on any atom is -0.494 e. The average Bonchev–Trinajstić information content (AvgIpc) is 2.84. The maximum Gasteiger partial charge on any atom is 0.289 e. The fourth-order valence-corrected chi connectivity index (χ4v) is 4.60. The van der Waals surface area contributed by atoms with Crippen LogP contribution >= 0.6 is 0 Å². The van der Waals surface area contributed by atoms with Crippen molar-refractivity contribution in [1.82, 2.24) is 5.43 Å². The van der Waals surface area contributed by atoms with Crippen molar-refractivity contribution < 1.29 is 22.9 Å². The molecule has 0 atom stereocenters. The number of sulfonamides is 1. The Balaban J connectivity index is 1.82. The van der Waals surface area contributed by atoms with Gasteiger partial charge in [0.15, 0.2) is 4.90 Å². The van der Waals surface area contributed by atoms with Gasteiger partial charge in [-0.05, 0) is 55.0 Å². The van der Waals surface area contributed by atoms with Crippen LogP contribution in [-0.2, 0) is 14.8 Å². The molecule has 0 heterocycles. The van der Waals surface area contributed by atoms with Crippen molar-refractivity contribution in [3.05, 3.63) is 94.5 Å². The zero-order chi connectivity index (χ0) is 24.6. The third-order valence-corrected chi connectivity index (χ3v) is 6.38. The van der Waals surface area contributed by atoms with Crippen LogP contribution in [0, 0.1) is 10.1 Å². The summed E-state index contributed by atoms with van der Waals surface area (Å²) in [4.78, 5) is 22.7. The summed E-state index contributed by atoms with van der Waals surface area (Å²) < 4.78 is 32.9. The normalized spacial score (nSPS) is 11.2. The molecule has 3 aromatic rings. The van der Waals surface area contributed by atoms with Crippen molar-refractivity contribution in [3.63, 3.8) is 0 Å². The Morgan fingerprint density at radius 1 is 1.06 bits per heavy atom. The Hall–Kier alpha value is -4.25. The molecular weight excluding hydrogens is 460 g/mol. The first kappa shape index (κ1) is 24.4. The van der Waals surface area contributed by atoms with E-state index in [1.165, 1.54) is 30.5 Å². The Morgan fingerprint density at radius 3 is 2.35 bits per heavy atom. The van der Waals surface area contributed by atoms with Crippen LogP contribution in [0.15, 0.2) is 88.9 Å². The predicted octanol–water partition coefficient (Wildman–Crippen LogP) is 3.34. The molecule has 0 saturated heterocycles. The van der Waals surface area contributed by atoms with Gasteiger partial charge in [-0.2, -0.15) is 5.10 Å². The summed E-state index contributed by atoms with van der Waals surface area (Å²) in [5, 5.41) is 15.3. The van der Waals surface area contributed by atoms with Crippen molar-refractivity contribution in [2.75, 3.05) is 17.5 Å². The first-order chi connectivity index (χ1) is 16.3. The van der Waals surface area contributed by atoms with Crippen LogP contribution in [0.4, 0.5) is 11.4 Å². The van der Waals surface area contributed by atoms with Crippen molar-refractivity contribution in [2.24, 2.45) is 5.10 Å². The molecule has 0 aromatic heterocycles. The molecule has 0 aliphatic heterocycles. The van der Waals surface area contributed by atoms with E-state index in [-0.39, 0.29) is 5.69 Å². The van der Waals surface area contributed by atoms with Crippen LogP contribution in [0.1, 0.15) is 12.5 Å². The minimum absolute atomic E-state index is 0.172. The van der Waals surface area contributed by atoms with Crippen LogP contribution in [0.25, 0.3) is 0 Å². The smallest absolute Gasteiger partial charge is 0.289 e. The number of benzene rings is 3. The monoisotopic (exact) mass is 482 g/mol. The summed E-state index contributed by atoms with van der Waals surface area (Å²) >= 11 is 0. The lowest BCUT2D eigenvalue weighted by atomic mass is 10.2. The molecule has 1 amide bonds. The molecule has 0 bridgehead atoms. The maximum atomic E-state index is 13.4. The van der Waals surface area contributed by atoms with Crippen molar-refractivity contribution in [2.45, 2.75) is 11.8 Å². The standard InChI is InChI=1S/C23H22N4O6S/c1-2-33-20-14-12-18(13-15-20)16-24-25-23(28)17-26(19-8-4-3-5-9-19)34(31,32)22-11-7-6-10-21(22)27(29)30/h3-16H,2,17H2,1H3,(H,25,28)/b24-16+. The lowest BCUT2D eigenvalue weighted by Crippen LogP contribution is -2.39. The Kier molecular flexibility index (Phi) is 7.93. The number of rotatable bonds is 10. The third-order valence-electron chi connectivity index (χ3n) is 4.56. The van der Waals surface area contributed by atoms with Crippen LogP contribution in [0.3, 0.4) is 0 Å². The minimum atomic E-state index is -4.45. The van der Waals surface area contributed by atoms with Gasteiger partial charge in [0.2, 0.25) is 0 Å². The quantitative estimate of drug-likeness (QED) is 0.268. The summed E-state index contributed by atoms with van der Waals surface area (Å²) in [7, 11) is -4.45. The number of nitrogens with one attached hydrogen (secondary N) is 1. The first-order valence-electron chi connectivity index (χ1n) is 10.2. The van der Waals surface area contributed by atoms with E-state index in [2.05, 4.69) is 10.5 Å². The molecule has 176 valence electrons. The molecule has 0 aliphatic rings. The second kappa shape index (κ2) is 11.1. The number of ether oxygens (including phenoxy) is 1. The maximum absolute atomic E-state index is 13.4. The fourth-order valence-electron chi connectivity index (χ4n) is 3.02. The molecule has 1 N–H and O–H groups in total. The van der Waals surface area contributed by atoms with Gasteiger partial charge in [0.1, 0.15) is 12.3 Å². The predicted molar refractivity (Wildman–Crippen MR) is 127 cm³/mol. The molecule has 10 nitrogen and oxygen atoms in total. The van der Waals surface area contributed by atoms with Gasteiger partial charge < -0.3 is 4.74 Å². The fraction of sp³-hybridized carbons (Fsp3) is 0.130. The van der Waals surface area contributed by atoms with E-state index >= 15 is 0 Å². The van der Waals surface area contributed by atoms with E-state index in [9.17, 15) is 23.3 Å². The zero-order valence-corrected chi connectivity index (χ0v) is 19.0. The number of carbonyl (C=O) groups excluding carboxylic acids is 1. The zero-order valence-electron chi connectivity index (χ0n) is 18.2. The van der Waals surface area contributed by atoms with Gasteiger partial charge in [-0.15, -0.1) is 0 Å². The third kappa shape index (κ3) is 5.95. The van der Waals surface area contributed by atoms with Gasteiger partial charge in [-0.3, -0.25) is 19.2 Å². The highest BCUT2D eigenvalue weighted by Gasteiger charge is 2.32. The van der Waals surface area contributed by atoms with Crippen molar-refractivity contribution in [3.8, 4) is 5.75 Å². The molecule has 0 unspecified atom stereocenters. The Labute approximate surface area is 196 Å². The van der Waals surface area contributed by atoms with Crippen LogP contribution in [0.2, 0.25) is 0 Å². The van der Waals surface area contributed by atoms with Crippen LogP contribution < -0.4 is 14.5 Å². The van der Waals surface area contributed by atoms with Gasteiger partial charge >= 0.3 is 0 Å². The largest absolute Gasteiger partial charge is 0.494 e. The van der Waals surface area contributed by atoms with Gasteiger partial charge in [0.25, 0.3) is 21.6 Å². The molecule has 0 aliphatic carbocycles. The number of anilines is 1. The van der Waals surface area contributed by atoms with E-state index in [1.807, 2.05) is 6.92 Å². The number of nitro benzene ring substituents is 1. The van der Waals surface area contributed by atoms with E-state index < -0.39 is 38.0 Å². The van der Waals surface area contributed by atoms with E-state index in [4.69, 9.17) is 4.74 Å². The van der Waals surface area contributed by atoms with Gasteiger partial charge in [0.05, 0.1) is 23.4 Å². The summed E-state index contributed by atoms with van der Waals surface area (Å²) in [5.41, 5.74) is 2.57. The summed E-state index contributed by atoms with van der Waals surface area (Å²) in [6.07, 6.45) is 1.40. The van der Waals surface area contributed by atoms with Crippen LogP contribution in [0.5, 0.6) is 5.75 Å². The van der Waals surface area contributed by atoms with Crippen LogP contribution in [-0.4, -0.2) is 38.6 Å². The highest BCUT2D eigenvalue weighted by atomic mass is 32.2. The molecule has 3 rings (SSSR count). The summed E-state index contributed by atoms with van der Waals surface area (Å²) in [6, 6.07) is 19.8. The van der Waals surface area contributed by atoms with Crippen molar-refractivity contribution >= 4 is 33.5 Å². The molecule has 0 saturated carbocycles. The van der Waals surface area contributed by atoms with E-state index in [1.54, 1.807) is 42.5 Å². The second-order valence-electron chi connectivity index (χ2n) is 6.87. The van der Waals surface area contributed by atoms with E-state index in [0.29, 0.717) is 17.9 Å². The van der Waals surface area contributed by atoms with E-state index in [0.717, 1.165) is 16.4 Å². The summed E-state index contributed by atoms with van der Waals surface area (Å²) in [5.74, 6) is -0.0319. The lowest BCUT2D eigenvalue weighted by molar-refractivity contribution is -0.387. The van der Waals surface area contributed by atoms with Gasteiger partial charge in [0, 0.05) is 6.07 Å². The molecule has 34 heavy (non-hydrogen) atoms. The number of hydrazone groups is 1. The summed E-state index contributed by atoms with van der Waals surface area (Å²) in [6.45, 7) is 1.77. The van der Waals surface area contributed by atoms with Crippen molar-refractivity contribution in [1.29, 1.82) is 0 Å². The average molecular weight is 483 g/mol. The number of hydrogen-bond acceptors (Lipinski definition) is 7. The first-order valence-corrected chi connectivity index (χ1v) is 11.6. The molecular formula is C23H22N4O6S. The molecule has 3 aromatic carbocycles. The van der Waals surface area contributed by atoms with Gasteiger partial charge in [-0.1, -0.05) is 30.3 Å². The lowest BCUT2D eigenvalue weighted by Gasteiger charge is -2.23. The molecule has 0 fully saturated rings. The number of amides is 1. The highest BCUT2D eigenvalue weighted by Crippen LogP contribution is 2.29. The molecule has 11 heteroatoms. The molecule has 0 spiro atoms. The number of nitro groups is 1. The highest BCUT2D eigenvalue weighted by molar-refractivity contribution is 7.93. The molecule has 0 radical (unpaired) electrons. The van der Waals surface area contributed by atoms with Gasteiger partial charge in [-0.25, -0.2) is 13.8 Å². The number of para-hydroxylation sites is 2. The second-order valence-corrected chi connectivity index (χ2v) is 8.70.